The van der Waals surface area contributed by atoms with Gasteiger partial charge in [-0.15, -0.1) is 0 Å². The Balaban J connectivity index is 1.68. The molecule has 2 heterocycles. The Kier molecular flexibility index (Phi) is 5.98. The van der Waals surface area contributed by atoms with E-state index in [2.05, 4.69) is 5.16 Å². The van der Waals surface area contributed by atoms with E-state index in [1.807, 2.05) is 0 Å². The van der Waals surface area contributed by atoms with Crippen molar-refractivity contribution in [3.05, 3.63) is 58.5 Å². The summed E-state index contributed by atoms with van der Waals surface area (Å²) in [4.78, 5) is 19.2. The van der Waals surface area contributed by atoms with Crippen LogP contribution in [0.2, 0.25) is 5.22 Å². The number of oxime groups is 1. The number of hydrogen-bond donors (Lipinski definition) is 0. The van der Waals surface area contributed by atoms with Crippen molar-refractivity contribution < 1.29 is 27.2 Å². The molecule has 28 heavy (non-hydrogen) atoms. The Labute approximate surface area is 164 Å². The summed E-state index contributed by atoms with van der Waals surface area (Å²) in [6, 6.07) is 8.22. The topological polar surface area (TPSA) is 55.0 Å². The molecule has 0 saturated heterocycles. The maximum atomic E-state index is 12.9. The number of amides is 1. The summed E-state index contributed by atoms with van der Waals surface area (Å²) < 4.78 is 44.1. The molecule has 1 atom stereocenters. The molecule has 0 bridgehead atoms. The van der Waals surface area contributed by atoms with Crippen molar-refractivity contribution in [2.45, 2.75) is 38.6 Å². The van der Waals surface area contributed by atoms with Crippen LogP contribution < -0.4 is 0 Å². The molecule has 0 fully saturated rings. The van der Waals surface area contributed by atoms with Crippen molar-refractivity contribution >= 4 is 23.2 Å². The predicted octanol–water partition coefficient (Wildman–Crippen LogP) is 4.88. The van der Waals surface area contributed by atoms with Crippen LogP contribution in [0.25, 0.3) is 0 Å². The van der Waals surface area contributed by atoms with Crippen LogP contribution in [0.1, 0.15) is 36.7 Å². The normalized spacial score (nSPS) is 16.6. The molecular formula is C19H18ClF3N2O3. The molecule has 3 rings (SSSR count). The first kappa shape index (κ1) is 20.3. The smallest absolute Gasteiger partial charge is 0.416 e. The molecule has 0 aliphatic carbocycles. The molecule has 1 amide bonds. The second-order valence-electron chi connectivity index (χ2n) is 6.40. The van der Waals surface area contributed by atoms with Crippen LogP contribution in [0.5, 0.6) is 0 Å². The molecule has 1 aromatic heterocycles. The van der Waals surface area contributed by atoms with Gasteiger partial charge in [0.25, 0.3) is 0 Å². The molecule has 0 N–H and O–H groups in total. The maximum absolute atomic E-state index is 12.9. The number of alkyl halides is 3. The number of nitrogens with zero attached hydrogens (tertiary/aromatic N) is 2. The fourth-order valence-corrected chi connectivity index (χ4v) is 3.08. The highest BCUT2D eigenvalue weighted by Crippen LogP contribution is 2.30. The van der Waals surface area contributed by atoms with Gasteiger partial charge in [-0.3, -0.25) is 4.79 Å². The molecule has 0 radical (unpaired) electrons. The Morgan fingerprint density at radius 3 is 2.75 bits per heavy atom. The number of carbonyl (C=O) groups excluding carboxylic acids is 1. The highest BCUT2D eigenvalue weighted by atomic mass is 35.5. The third-order valence-corrected chi connectivity index (χ3v) is 4.50. The van der Waals surface area contributed by atoms with Gasteiger partial charge in [-0.25, -0.2) is 0 Å². The number of carbonyl (C=O) groups is 1. The van der Waals surface area contributed by atoms with E-state index in [0.29, 0.717) is 23.5 Å². The summed E-state index contributed by atoms with van der Waals surface area (Å²) in [7, 11) is 0. The predicted molar refractivity (Wildman–Crippen MR) is 96.9 cm³/mol. The SMILES string of the molecule is CCC(=O)N(Cc1cccc(C(F)(F)F)c1)C[C@H]1CC(c2ccc(Cl)o2)=NO1. The maximum Gasteiger partial charge on any atom is 0.416 e. The van der Waals surface area contributed by atoms with E-state index in [1.54, 1.807) is 25.1 Å². The van der Waals surface area contributed by atoms with Crippen LogP contribution in [0.15, 0.2) is 46.0 Å². The highest BCUT2D eigenvalue weighted by Gasteiger charge is 2.31. The summed E-state index contributed by atoms with van der Waals surface area (Å²) in [5.41, 5.74) is 0.222. The summed E-state index contributed by atoms with van der Waals surface area (Å²) in [5, 5.41) is 4.20. The fourth-order valence-electron chi connectivity index (χ4n) is 2.93. The van der Waals surface area contributed by atoms with Gasteiger partial charge < -0.3 is 14.2 Å². The van der Waals surface area contributed by atoms with Crippen LogP contribution in [0.3, 0.4) is 0 Å². The van der Waals surface area contributed by atoms with Crippen LogP contribution in [0, 0.1) is 0 Å². The van der Waals surface area contributed by atoms with Crippen LogP contribution in [-0.2, 0) is 22.4 Å². The minimum Gasteiger partial charge on any atom is -0.443 e. The molecule has 0 unspecified atom stereocenters. The zero-order valence-electron chi connectivity index (χ0n) is 15.0. The van der Waals surface area contributed by atoms with Crippen molar-refractivity contribution in [3.8, 4) is 0 Å². The van der Waals surface area contributed by atoms with Gasteiger partial charge in [-0.05, 0) is 41.4 Å². The van der Waals surface area contributed by atoms with Crippen molar-refractivity contribution in [2.75, 3.05) is 6.54 Å². The zero-order valence-corrected chi connectivity index (χ0v) is 15.8. The first-order chi connectivity index (χ1) is 13.3. The van der Waals surface area contributed by atoms with Crippen LogP contribution >= 0.6 is 11.6 Å². The van der Waals surface area contributed by atoms with E-state index < -0.39 is 17.8 Å². The van der Waals surface area contributed by atoms with Gasteiger partial charge in [0, 0.05) is 19.4 Å². The van der Waals surface area contributed by atoms with Gasteiger partial charge in [-0.1, -0.05) is 24.2 Å². The number of rotatable bonds is 6. The lowest BCUT2D eigenvalue weighted by Gasteiger charge is -2.25. The summed E-state index contributed by atoms with van der Waals surface area (Å²) >= 11 is 5.76. The van der Waals surface area contributed by atoms with Gasteiger partial charge in [0.05, 0.1) is 12.1 Å². The molecule has 2 aromatic rings. The Hall–Kier alpha value is -2.48. The molecule has 0 saturated carbocycles. The quantitative estimate of drug-likeness (QED) is 0.676. The fraction of sp³-hybridized carbons (Fsp3) is 0.368. The standard InChI is InChI=1S/C19H18ClF3N2O3/c1-2-18(26)25(10-12-4-3-5-13(8-12)19(21,22)23)11-14-9-15(24-28-14)16-6-7-17(20)27-16/h3-8,14H,2,9-11H2,1H3/t14-/m1/s1. The number of hydrogen-bond acceptors (Lipinski definition) is 4. The third-order valence-electron chi connectivity index (χ3n) is 4.30. The average Bonchev–Trinajstić information content (AvgIpc) is 3.29. The lowest BCUT2D eigenvalue weighted by Crippen LogP contribution is -2.37. The molecule has 5 nitrogen and oxygen atoms in total. The van der Waals surface area contributed by atoms with Gasteiger partial charge in [0.1, 0.15) is 5.71 Å². The van der Waals surface area contributed by atoms with E-state index in [-0.39, 0.29) is 30.6 Å². The zero-order chi connectivity index (χ0) is 20.3. The second-order valence-corrected chi connectivity index (χ2v) is 6.77. The second kappa shape index (κ2) is 8.26. The summed E-state index contributed by atoms with van der Waals surface area (Å²) in [6.45, 7) is 1.95. The van der Waals surface area contributed by atoms with E-state index in [4.69, 9.17) is 20.9 Å². The van der Waals surface area contributed by atoms with Crippen molar-refractivity contribution in [2.24, 2.45) is 5.16 Å². The number of halogens is 4. The lowest BCUT2D eigenvalue weighted by molar-refractivity contribution is -0.137. The van der Waals surface area contributed by atoms with Crippen molar-refractivity contribution in [1.82, 2.24) is 4.90 Å². The number of benzene rings is 1. The molecule has 9 heteroatoms. The van der Waals surface area contributed by atoms with Crippen molar-refractivity contribution in [1.29, 1.82) is 0 Å². The van der Waals surface area contributed by atoms with Gasteiger partial charge in [0.15, 0.2) is 17.1 Å². The molecule has 1 aliphatic rings. The van der Waals surface area contributed by atoms with Crippen LogP contribution in [-0.4, -0.2) is 29.2 Å². The van der Waals surface area contributed by atoms with Crippen LogP contribution in [0.4, 0.5) is 13.2 Å². The molecule has 0 spiro atoms. The number of furan rings is 1. The third kappa shape index (κ3) is 4.86. The van der Waals surface area contributed by atoms with Gasteiger partial charge >= 0.3 is 6.18 Å². The monoisotopic (exact) mass is 414 g/mol. The van der Waals surface area contributed by atoms with Gasteiger partial charge in [-0.2, -0.15) is 13.2 Å². The van der Waals surface area contributed by atoms with Gasteiger partial charge in [0.2, 0.25) is 5.91 Å². The average molecular weight is 415 g/mol. The van der Waals surface area contributed by atoms with E-state index in [1.165, 1.54) is 11.0 Å². The van der Waals surface area contributed by atoms with E-state index in [0.717, 1.165) is 12.1 Å². The Morgan fingerprint density at radius 1 is 1.32 bits per heavy atom. The summed E-state index contributed by atoms with van der Waals surface area (Å²) in [6.07, 6.45) is -4.22. The summed E-state index contributed by atoms with van der Waals surface area (Å²) in [5.74, 6) is 0.300. The largest absolute Gasteiger partial charge is 0.443 e. The molecular weight excluding hydrogens is 397 g/mol. The molecule has 150 valence electrons. The highest BCUT2D eigenvalue weighted by molar-refractivity contribution is 6.29. The molecule has 1 aliphatic heterocycles. The minimum absolute atomic E-state index is 0.0539. The Bertz CT molecular complexity index is 879. The first-order valence-corrected chi connectivity index (χ1v) is 9.06. The van der Waals surface area contributed by atoms with Crippen molar-refractivity contribution in [3.63, 3.8) is 0 Å². The lowest BCUT2D eigenvalue weighted by atomic mass is 10.1. The first-order valence-electron chi connectivity index (χ1n) is 8.68. The minimum atomic E-state index is -4.43. The Morgan fingerprint density at radius 2 is 2.11 bits per heavy atom. The molecule has 1 aromatic carbocycles. The van der Waals surface area contributed by atoms with E-state index >= 15 is 0 Å². The van der Waals surface area contributed by atoms with E-state index in [9.17, 15) is 18.0 Å².